The van der Waals surface area contributed by atoms with Gasteiger partial charge in [-0.2, -0.15) is 0 Å². The van der Waals surface area contributed by atoms with Crippen LogP contribution in [0.3, 0.4) is 0 Å². The van der Waals surface area contributed by atoms with Crippen LogP contribution >= 0.6 is 50.7 Å². The summed E-state index contributed by atoms with van der Waals surface area (Å²) in [5.74, 6) is -0.0607. The summed E-state index contributed by atoms with van der Waals surface area (Å²) in [5.41, 5.74) is 1.63. The molecule has 0 unspecified atom stereocenters. The molecule has 9 heteroatoms. The molecule has 0 aliphatic heterocycles. The van der Waals surface area contributed by atoms with Crippen molar-refractivity contribution in [3.63, 3.8) is 0 Å². The van der Waals surface area contributed by atoms with E-state index in [0.29, 0.717) is 37.3 Å². The first-order valence-electron chi connectivity index (χ1n) is 12.5. The zero-order chi connectivity index (χ0) is 27.1. The molecule has 3 aromatic carbocycles. The third-order valence-corrected chi connectivity index (χ3v) is 8.02. The molecule has 5 nitrogen and oxygen atoms in total. The lowest BCUT2D eigenvalue weighted by atomic mass is 10.0. The molecule has 1 aliphatic rings. The molecule has 0 radical (unpaired) electrons. The average Bonchev–Trinajstić information content (AvgIpc) is 3.40. The van der Waals surface area contributed by atoms with Crippen LogP contribution in [-0.2, 0) is 22.6 Å². The van der Waals surface area contributed by atoms with Crippen molar-refractivity contribution in [1.29, 1.82) is 0 Å². The van der Waals surface area contributed by atoms with E-state index in [1.807, 2.05) is 30.3 Å². The van der Waals surface area contributed by atoms with Gasteiger partial charge in [0.2, 0.25) is 5.91 Å². The van der Waals surface area contributed by atoms with Crippen molar-refractivity contribution in [2.75, 3.05) is 6.61 Å². The highest BCUT2D eigenvalue weighted by atomic mass is 79.9. The highest BCUT2D eigenvalue weighted by molar-refractivity contribution is 9.10. The first-order chi connectivity index (χ1) is 18.3. The van der Waals surface area contributed by atoms with Gasteiger partial charge in [-0.05, 0) is 70.2 Å². The quantitative estimate of drug-likeness (QED) is 0.251. The Balaban J connectivity index is 1.64. The molecule has 4 rings (SSSR count). The predicted octanol–water partition coefficient (Wildman–Crippen LogP) is 7.49. The second-order valence-electron chi connectivity index (χ2n) is 9.32. The van der Waals surface area contributed by atoms with E-state index in [1.165, 1.54) is 0 Å². The Morgan fingerprint density at radius 3 is 2.34 bits per heavy atom. The van der Waals surface area contributed by atoms with Crippen molar-refractivity contribution in [2.24, 2.45) is 0 Å². The number of halogens is 4. The van der Waals surface area contributed by atoms with Crippen molar-refractivity contribution in [1.82, 2.24) is 10.2 Å². The standard InChI is InChI=1S/C29H28BrCl3N2O3/c30-24-15-21(31)12-13-27(24)38-18-28(36)35(17-20-10-11-22(32)16-25(20)33)26(14-19-6-2-1-3-7-19)29(37)34-23-8-4-5-9-23/h1-3,6-7,10-13,15-16,23,26H,4-5,8-9,14,17-18H2,(H,34,37)/t26-/m1/s1. The Labute approximate surface area is 246 Å². The molecule has 3 aromatic rings. The van der Waals surface area contributed by atoms with Crippen LogP contribution < -0.4 is 10.1 Å². The van der Waals surface area contributed by atoms with Gasteiger partial charge in [-0.1, -0.05) is 84.0 Å². The molecule has 2 amide bonds. The first kappa shape index (κ1) is 28.8. The number of ether oxygens (including phenoxy) is 1. The summed E-state index contributed by atoms with van der Waals surface area (Å²) >= 11 is 22.1. The third kappa shape index (κ3) is 7.89. The molecule has 0 saturated heterocycles. The fourth-order valence-corrected chi connectivity index (χ4v) is 5.83. The molecule has 200 valence electrons. The van der Waals surface area contributed by atoms with Crippen LogP contribution in [-0.4, -0.2) is 35.4 Å². The number of rotatable bonds is 10. The van der Waals surface area contributed by atoms with Gasteiger partial charge in [0, 0.05) is 34.1 Å². The van der Waals surface area contributed by atoms with E-state index in [0.717, 1.165) is 31.2 Å². The summed E-state index contributed by atoms with van der Waals surface area (Å²) in [6, 6.07) is 19.2. The van der Waals surface area contributed by atoms with Crippen molar-refractivity contribution >= 4 is 62.5 Å². The SMILES string of the molecule is O=C(NC1CCCC1)[C@@H](Cc1ccccc1)N(Cc1ccc(Cl)cc1Cl)C(=O)COc1ccc(Cl)cc1Br. The Bertz CT molecular complexity index is 1270. The van der Waals surface area contributed by atoms with Gasteiger partial charge >= 0.3 is 0 Å². The van der Waals surface area contributed by atoms with Gasteiger partial charge in [0.05, 0.1) is 4.47 Å². The minimum Gasteiger partial charge on any atom is -0.483 e. The number of carbonyl (C=O) groups excluding carboxylic acids is 2. The molecular formula is C29H28BrCl3N2O3. The molecule has 38 heavy (non-hydrogen) atoms. The van der Waals surface area contributed by atoms with E-state index < -0.39 is 6.04 Å². The first-order valence-corrected chi connectivity index (χ1v) is 14.4. The zero-order valence-corrected chi connectivity index (χ0v) is 24.5. The summed E-state index contributed by atoms with van der Waals surface area (Å²) < 4.78 is 6.48. The van der Waals surface area contributed by atoms with Gasteiger partial charge in [-0.25, -0.2) is 0 Å². The maximum absolute atomic E-state index is 13.8. The second-order valence-corrected chi connectivity index (χ2v) is 11.5. The summed E-state index contributed by atoms with van der Waals surface area (Å²) in [6.45, 7) is -0.150. The van der Waals surface area contributed by atoms with E-state index in [2.05, 4.69) is 21.2 Å². The Kier molecular flexibility index (Phi) is 10.4. The van der Waals surface area contributed by atoms with Crippen molar-refractivity contribution < 1.29 is 14.3 Å². The van der Waals surface area contributed by atoms with Gasteiger partial charge in [0.25, 0.3) is 5.91 Å². The van der Waals surface area contributed by atoms with Crippen LogP contribution in [0.25, 0.3) is 0 Å². The Morgan fingerprint density at radius 2 is 1.66 bits per heavy atom. The Hall–Kier alpha value is -2.25. The molecular weight excluding hydrogens is 611 g/mol. The topological polar surface area (TPSA) is 58.6 Å². The summed E-state index contributed by atoms with van der Waals surface area (Å²) in [4.78, 5) is 29.0. The van der Waals surface area contributed by atoms with Gasteiger partial charge in [-0.3, -0.25) is 9.59 Å². The van der Waals surface area contributed by atoms with E-state index in [1.54, 1.807) is 41.3 Å². The van der Waals surface area contributed by atoms with Crippen LogP contribution in [0.2, 0.25) is 15.1 Å². The average molecular weight is 639 g/mol. The Morgan fingerprint density at radius 1 is 0.974 bits per heavy atom. The summed E-state index contributed by atoms with van der Waals surface area (Å²) in [7, 11) is 0. The molecule has 0 spiro atoms. The number of hydrogen-bond donors (Lipinski definition) is 1. The molecule has 0 bridgehead atoms. The van der Waals surface area contributed by atoms with E-state index in [4.69, 9.17) is 39.5 Å². The van der Waals surface area contributed by atoms with Crippen molar-refractivity contribution in [3.8, 4) is 5.75 Å². The van der Waals surface area contributed by atoms with Crippen LogP contribution in [0.1, 0.15) is 36.8 Å². The molecule has 1 aliphatic carbocycles. The zero-order valence-electron chi connectivity index (χ0n) is 20.6. The van der Waals surface area contributed by atoms with Gasteiger partial charge in [-0.15, -0.1) is 0 Å². The van der Waals surface area contributed by atoms with E-state index in [9.17, 15) is 9.59 Å². The third-order valence-electron chi connectivity index (χ3n) is 6.57. The summed E-state index contributed by atoms with van der Waals surface area (Å²) in [6.07, 6.45) is 4.40. The lowest BCUT2D eigenvalue weighted by molar-refractivity contribution is -0.143. The number of benzene rings is 3. The fourth-order valence-electron chi connectivity index (χ4n) is 4.57. The van der Waals surface area contributed by atoms with Crippen LogP contribution in [0.15, 0.2) is 71.2 Å². The maximum Gasteiger partial charge on any atom is 0.261 e. The van der Waals surface area contributed by atoms with Gasteiger partial charge in [0.15, 0.2) is 6.61 Å². The molecule has 1 atom stereocenters. The molecule has 1 fully saturated rings. The minimum atomic E-state index is -0.769. The number of hydrogen-bond acceptors (Lipinski definition) is 3. The molecule has 0 aromatic heterocycles. The van der Waals surface area contributed by atoms with E-state index >= 15 is 0 Å². The van der Waals surface area contributed by atoms with Crippen LogP contribution in [0.5, 0.6) is 5.75 Å². The smallest absolute Gasteiger partial charge is 0.261 e. The summed E-state index contributed by atoms with van der Waals surface area (Å²) in [5, 5.41) is 4.64. The van der Waals surface area contributed by atoms with Crippen molar-refractivity contribution in [3.05, 3.63) is 97.4 Å². The van der Waals surface area contributed by atoms with Gasteiger partial charge < -0.3 is 15.0 Å². The molecule has 0 heterocycles. The predicted molar refractivity (Wildman–Crippen MR) is 156 cm³/mol. The lowest BCUT2D eigenvalue weighted by Gasteiger charge is -2.32. The van der Waals surface area contributed by atoms with Crippen LogP contribution in [0.4, 0.5) is 0 Å². The lowest BCUT2D eigenvalue weighted by Crippen LogP contribution is -2.53. The van der Waals surface area contributed by atoms with Gasteiger partial charge in [0.1, 0.15) is 11.8 Å². The molecule has 1 N–H and O–H groups in total. The highest BCUT2D eigenvalue weighted by Gasteiger charge is 2.33. The van der Waals surface area contributed by atoms with Crippen molar-refractivity contribution in [2.45, 2.75) is 50.7 Å². The largest absolute Gasteiger partial charge is 0.483 e. The maximum atomic E-state index is 13.8. The molecule has 1 saturated carbocycles. The number of nitrogens with one attached hydrogen (secondary N) is 1. The number of amides is 2. The van der Waals surface area contributed by atoms with Crippen LogP contribution in [0, 0.1) is 0 Å². The normalized spacial score (nSPS) is 14.2. The minimum absolute atomic E-state index is 0.109. The monoisotopic (exact) mass is 636 g/mol. The second kappa shape index (κ2) is 13.7. The van der Waals surface area contributed by atoms with E-state index in [-0.39, 0.29) is 31.0 Å². The fraction of sp³-hybridized carbons (Fsp3) is 0.310. The number of nitrogens with zero attached hydrogens (tertiary/aromatic N) is 1. The highest BCUT2D eigenvalue weighted by Crippen LogP contribution is 2.29. The number of carbonyl (C=O) groups is 2.